The van der Waals surface area contributed by atoms with Gasteiger partial charge in [0.2, 0.25) is 10.0 Å². The van der Waals surface area contributed by atoms with Gasteiger partial charge in [0.15, 0.2) is 0 Å². The third-order valence-corrected chi connectivity index (χ3v) is 6.17. The van der Waals surface area contributed by atoms with Crippen molar-refractivity contribution < 1.29 is 22.3 Å². The number of carbonyl (C=O) groups excluding carboxylic acids is 1. The fourth-order valence-corrected chi connectivity index (χ4v) is 4.88. The summed E-state index contributed by atoms with van der Waals surface area (Å²) in [5.74, 6) is -0.479. The van der Waals surface area contributed by atoms with E-state index in [1.54, 1.807) is 25.7 Å². The van der Waals surface area contributed by atoms with E-state index in [0.717, 1.165) is 12.1 Å². The van der Waals surface area contributed by atoms with Crippen LogP contribution in [0.15, 0.2) is 29.2 Å². The van der Waals surface area contributed by atoms with Gasteiger partial charge >= 0.3 is 6.09 Å². The van der Waals surface area contributed by atoms with Crippen LogP contribution in [0.1, 0.15) is 27.2 Å². The number of nitrogens with zero attached hydrogens (tertiary/aromatic N) is 2. The average molecular weight is 356 g/mol. The zero-order valence-electron chi connectivity index (χ0n) is 13.9. The SMILES string of the molecule is CC(C)(C)OC(=O)N1C[C@@H]2C[C@H]1CN2S(=O)(=O)c1ccc(F)cc1. The van der Waals surface area contributed by atoms with Crippen LogP contribution in [0.25, 0.3) is 0 Å². The van der Waals surface area contributed by atoms with Crippen LogP contribution in [-0.4, -0.2) is 54.5 Å². The molecule has 132 valence electrons. The van der Waals surface area contributed by atoms with Crippen molar-refractivity contribution in [3.63, 3.8) is 0 Å². The van der Waals surface area contributed by atoms with Gasteiger partial charge in [-0.05, 0) is 51.5 Å². The Labute approximate surface area is 141 Å². The number of sulfonamides is 1. The van der Waals surface area contributed by atoms with Crippen molar-refractivity contribution in [1.29, 1.82) is 0 Å². The highest BCUT2D eigenvalue weighted by Gasteiger charge is 2.50. The minimum atomic E-state index is -3.68. The van der Waals surface area contributed by atoms with Crippen LogP contribution in [0.3, 0.4) is 0 Å². The summed E-state index contributed by atoms with van der Waals surface area (Å²) in [5, 5.41) is 0. The molecule has 2 aliphatic rings. The number of benzene rings is 1. The first kappa shape index (κ1) is 17.2. The Balaban J connectivity index is 1.73. The van der Waals surface area contributed by atoms with E-state index in [1.165, 1.54) is 16.4 Å². The fraction of sp³-hybridized carbons (Fsp3) is 0.562. The van der Waals surface area contributed by atoms with Gasteiger partial charge in [0.25, 0.3) is 0 Å². The van der Waals surface area contributed by atoms with Crippen molar-refractivity contribution in [3.8, 4) is 0 Å². The van der Waals surface area contributed by atoms with Crippen molar-refractivity contribution >= 4 is 16.1 Å². The van der Waals surface area contributed by atoms with Gasteiger partial charge in [-0.3, -0.25) is 0 Å². The van der Waals surface area contributed by atoms with E-state index in [0.29, 0.717) is 13.0 Å². The molecule has 0 unspecified atom stereocenters. The van der Waals surface area contributed by atoms with Crippen molar-refractivity contribution in [2.75, 3.05) is 13.1 Å². The normalized spacial score (nSPS) is 24.4. The summed E-state index contributed by atoms with van der Waals surface area (Å²) < 4.78 is 45.2. The second-order valence-electron chi connectivity index (χ2n) is 7.20. The van der Waals surface area contributed by atoms with Crippen LogP contribution < -0.4 is 0 Å². The number of hydrogen-bond acceptors (Lipinski definition) is 4. The van der Waals surface area contributed by atoms with Crippen LogP contribution in [0.2, 0.25) is 0 Å². The number of halogens is 1. The summed E-state index contributed by atoms with van der Waals surface area (Å²) in [5.41, 5.74) is -0.585. The quantitative estimate of drug-likeness (QED) is 0.815. The lowest BCUT2D eigenvalue weighted by molar-refractivity contribution is 0.0173. The molecule has 0 N–H and O–H groups in total. The molecule has 2 heterocycles. The van der Waals surface area contributed by atoms with Crippen LogP contribution in [0.4, 0.5) is 9.18 Å². The number of hydrogen-bond donors (Lipinski definition) is 0. The van der Waals surface area contributed by atoms with Crippen molar-refractivity contribution in [1.82, 2.24) is 9.21 Å². The monoisotopic (exact) mass is 356 g/mol. The molecule has 0 aliphatic carbocycles. The molecule has 1 aromatic carbocycles. The standard InChI is InChI=1S/C16H21FN2O4S/c1-16(2,3)23-15(20)18-9-13-8-12(18)10-19(13)24(21,22)14-6-4-11(17)5-7-14/h4-7,12-13H,8-10H2,1-3H3/t12-,13-/m0/s1. The van der Waals surface area contributed by atoms with E-state index >= 15 is 0 Å². The lowest BCUT2D eigenvalue weighted by atomic mass is 10.2. The number of amides is 1. The Bertz CT molecular complexity index is 742. The van der Waals surface area contributed by atoms with Gasteiger partial charge in [-0.1, -0.05) is 0 Å². The third kappa shape index (κ3) is 3.12. The molecular weight excluding hydrogens is 335 g/mol. The van der Waals surface area contributed by atoms with E-state index < -0.39 is 27.5 Å². The third-order valence-electron chi connectivity index (χ3n) is 4.24. The Morgan fingerprint density at radius 3 is 2.29 bits per heavy atom. The second kappa shape index (κ2) is 5.70. The molecule has 2 atom stereocenters. The van der Waals surface area contributed by atoms with Crippen LogP contribution >= 0.6 is 0 Å². The van der Waals surface area contributed by atoms with Gasteiger partial charge in [0.05, 0.1) is 10.9 Å². The molecule has 0 saturated carbocycles. The molecule has 24 heavy (non-hydrogen) atoms. The molecule has 3 rings (SSSR count). The summed E-state index contributed by atoms with van der Waals surface area (Å²) in [7, 11) is -3.68. The molecule has 0 aromatic heterocycles. The number of likely N-dealkylation sites (tertiary alicyclic amines) is 1. The first-order valence-corrected chi connectivity index (χ1v) is 9.29. The van der Waals surface area contributed by atoms with Crippen LogP contribution in [0.5, 0.6) is 0 Å². The molecule has 1 amide bonds. The number of carbonyl (C=O) groups is 1. The lowest BCUT2D eigenvalue weighted by Crippen LogP contribution is -2.51. The lowest BCUT2D eigenvalue weighted by Gasteiger charge is -2.34. The maximum atomic E-state index is 13.0. The number of rotatable bonds is 2. The molecule has 6 nitrogen and oxygen atoms in total. The molecule has 0 spiro atoms. The van der Waals surface area contributed by atoms with Gasteiger partial charge in [0, 0.05) is 19.1 Å². The predicted molar refractivity (Wildman–Crippen MR) is 85.4 cm³/mol. The highest BCUT2D eigenvalue weighted by atomic mass is 32.2. The van der Waals surface area contributed by atoms with Crippen molar-refractivity contribution in [3.05, 3.63) is 30.1 Å². The van der Waals surface area contributed by atoms with E-state index in [1.807, 2.05) is 0 Å². The maximum absolute atomic E-state index is 13.0. The van der Waals surface area contributed by atoms with E-state index in [4.69, 9.17) is 4.74 Å². The minimum absolute atomic E-state index is 0.0697. The van der Waals surface area contributed by atoms with Gasteiger partial charge < -0.3 is 9.64 Å². The van der Waals surface area contributed by atoms with Gasteiger partial charge in [-0.15, -0.1) is 0 Å². The first-order chi connectivity index (χ1) is 11.1. The molecule has 2 bridgehead atoms. The largest absolute Gasteiger partial charge is 0.444 e. The molecule has 2 aliphatic heterocycles. The Morgan fingerprint density at radius 1 is 1.17 bits per heavy atom. The molecule has 1 aromatic rings. The van der Waals surface area contributed by atoms with Crippen molar-refractivity contribution in [2.24, 2.45) is 0 Å². The molecule has 2 saturated heterocycles. The fourth-order valence-electron chi connectivity index (χ4n) is 3.21. The summed E-state index contributed by atoms with van der Waals surface area (Å²) in [6.45, 7) is 5.95. The molecule has 2 fully saturated rings. The molecule has 8 heteroatoms. The zero-order valence-corrected chi connectivity index (χ0v) is 14.7. The highest BCUT2D eigenvalue weighted by Crippen LogP contribution is 2.35. The highest BCUT2D eigenvalue weighted by molar-refractivity contribution is 7.89. The summed E-state index contributed by atoms with van der Waals surface area (Å²) >= 11 is 0. The molecule has 0 radical (unpaired) electrons. The van der Waals surface area contributed by atoms with Gasteiger partial charge in [-0.25, -0.2) is 17.6 Å². The van der Waals surface area contributed by atoms with E-state index in [9.17, 15) is 17.6 Å². The van der Waals surface area contributed by atoms with Gasteiger partial charge in [0.1, 0.15) is 11.4 Å². The number of ether oxygens (including phenoxy) is 1. The van der Waals surface area contributed by atoms with E-state index in [2.05, 4.69) is 0 Å². The second-order valence-corrected chi connectivity index (χ2v) is 9.10. The van der Waals surface area contributed by atoms with Gasteiger partial charge in [-0.2, -0.15) is 4.31 Å². The van der Waals surface area contributed by atoms with E-state index in [-0.39, 0.29) is 23.5 Å². The smallest absolute Gasteiger partial charge is 0.410 e. The minimum Gasteiger partial charge on any atom is -0.444 e. The molecular formula is C16H21FN2O4S. The number of piperazine rings is 1. The number of fused-ring (bicyclic) bond motifs is 2. The van der Waals surface area contributed by atoms with Crippen LogP contribution in [-0.2, 0) is 14.8 Å². The topological polar surface area (TPSA) is 66.9 Å². The summed E-state index contributed by atoms with van der Waals surface area (Å²) in [6, 6.07) is 4.35. The predicted octanol–water partition coefficient (Wildman–Crippen LogP) is 2.21. The zero-order chi connectivity index (χ0) is 17.7. The maximum Gasteiger partial charge on any atom is 0.410 e. The first-order valence-electron chi connectivity index (χ1n) is 7.85. The summed E-state index contributed by atoms with van der Waals surface area (Å²) in [6.07, 6.45) is 0.188. The Hall–Kier alpha value is -1.67. The summed E-state index contributed by atoms with van der Waals surface area (Å²) in [4.78, 5) is 13.9. The average Bonchev–Trinajstić information content (AvgIpc) is 3.06. The van der Waals surface area contributed by atoms with Crippen molar-refractivity contribution in [2.45, 2.75) is 49.8 Å². The Morgan fingerprint density at radius 2 is 1.79 bits per heavy atom. The Kier molecular flexibility index (Phi) is 4.08. The van der Waals surface area contributed by atoms with Crippen LogP contribution in [0, 0.1) is 5.82 Å².